The maximum Gasteiger partial charge on any atom is 0.272 e. The molecule has 21 heavy (non-hydrogen) atoms. The zero-order chi connectivity index (χ0) is 14.8. The highest BCUT2D eigenvalue weighted by Gasteiger charge is 2.07. The van der Waals surface area contributed by atoms with E-state index in [2.05, 4.69) is 10.1 Å². The van der Waals surface area contributed by atoms with E-state index in [0.717, 1.165) is 23.4 Å². The molecule has 0 spiro atoms. The molecule has 5 nitrogen and oxygen atoms in total. The van der Waals surface area contributed by atoms with E-state index >= 15 is 0 Å². The first-order valence-corrected chi connectivity index (χ1v) is 7.13. The Morgan fingerprint density at radius 3 is 2.71 bits per heavy atom. The predicted octanol–water partition coefficient (Wildman–Crippen LogP) is 2.23. The Balaban J connectivity index is 2.05. The van der Waals surface area contributed by atoms with Crippen LogP contribution in [0.3, 0.4) is 0 Å². The van der Waals surface area contributed by atoms with Crippen molar-refractivity contribution in [3.05, 3.63) is 57.5 Å². The van der Waals surface area contributed by atoms with Crippen molar-refractivity contribution in [2.75, 3.05) is 6.54 Å². The lowest BCUT2D eigenvalue weighted by Crippen LogP contribution is -2.16. The monoisotopic (exact) mass is 302 g/mol. The highest BCUT2D eigenvalue weighted by atomic mass is 35.5. The number of aromatic nitrogens is 3. The Labute approximate surface area is 126 Å². The fraction of sp³-hybridized carbons (Fsp3) is 0.200. The summed E-state index contributed by atoms with van der Waals surface area (Å²) in [7, 11) is 0. The molecule has 0 saturated carbocycles. The van der Waals surface area contributed by atoms with Crippen LogP contribution in [-0.2, 0) is 6.42 Å². The van der Waals surface area contributed by atoms with Gasteiger partial charge in [0.1, 0.15) is 0 Å². The van der Waals surface area contributed by atoms with E-state index in [-0.39, 0.29) is 5.56 Å². The van der Waals surface area contributed by atoms with Gasteiger partial charge < -0.3 is 5.73 Å². The number of hydrogen-bond donors (Lipinski definition) is 2. The van der Waals surface area contributed by atoms with Crippen molar-refractivity contribution in [2.45, 2.75) is 12.8 Å². The molecule has 3 rings (SSSR count). The maximum absolute atomic E-state index is 12.1. The molecule has 0 atom stereocenters. The molecule has 0 radical (unpaired) electrons. The lowest BCUT2D eigenvalue weighted by Gasteiger charge is -1.99. The van der Waals surface area contributed by atoms with Crippen LogP contribution >= 0.6 is 11.6 Å². The highest BCUT2D eigenvalue weighted by Crippen LogP contribution is 2.20. The van der Waals surface area contributed by atoms with Crippen LogP contribution < -0.4 is 11.3 Å². The van der Waals surface area contributed by atoms with E-state index in [4.69, 9.17) is 17.3 Å². The van der Waals surface area contributed by atoms with Gasteiger partial charge in [0.25, 0.3) is 5.56 Å². The Kier molecular flexibility index (Phi) is 3.77. The first-order valence-electron chi connectivity index (χ1n) is 6.75. The normalized spacial score (nSPS) is 11.1. The lowest BCUT2D eigenvalue weighted by atomic mass is 10.1. The molecule has 0 aliphatic heterocycles. The summed E-state index contributed by atoms with van der Waals surface area (Å²) in [6.45, 7) is 0.588. The van der Waals surface area contributed by atoms with Gasteiger partial charge in [-0.1, -0.05) is 23.7 Å². The quantitative estimate of drug-likeness (QED) is 0.776. The van der Waals surface area contributed by atoms with Gasteiger partial charge in [0, 0.05) is 22.8 Å². The van der Waals surface area contributed by atoms with Crippen LogP contribution in [0.25, 0.3) is 16.9 Å². The van der Waals surface area contributed by atoms with E-state index in [9.17, 15) is 4.79 Å². The molecule has 3 aromatic rings. The van der Waals surface area contributed by atoms with Crippen LogP contribution in [0.1, 0.15) is 12.1 Å². The summed E-state index contributed by atoms with van der Waals surface area (Å²) in [5, 5.41) is 3.73. The van der Waals surface area contributed by atoms with Crippen molar-refractivity contribution >= 4 is 17.2 Å². The molecule has 0 unspecified atom stereocenters. The van der Waals surface area contributed by atoms with Crippen molar-refractivity contribution in [2.24, 2.45) is 5.73 Å². The van der Waals surface area contributed by atoms with Crippen LogP contribution in [0.2, 0.25) is 5.02 Å². The Bertz CT molecular complexity index is 820. The molecule has 2 heterocycles. The lowest BCUT2D eigenvalue weighted by molar-refractivity contribution is 0.796. The van der Waals surface area contributed by atoms with Gasteiger partial charge in [-0.25, -0.2) is 9.50 Å². The number of aryl methyl sites for hydroxylation is 1. The topological polar surface area (TPSA) is 76.2 Å². The van der Waals surface area contributed by atoms with Gasteiger partial charge in [-0.3, -0.25) is 9.89 Å². The average molecular weight is 303 g/mol. The number of fused-ring (bicyclic) bond motifs is 1. The van der Waals surface area contributed by atoms with E-state index in [1.54, 1.807) is 6.07 Å². The van der Waals surface area contributed by atoms with Gasteiger partial charge in [0.05, 0.1) is 5.69 Å². The third kappa shape index (κ3) is 2.84. The summed E-state index contributed by atoms with van der Waals surface area (Å²) >= 11 is 5.88. The van der Waals surface area contributed by atoms with E-state index in [1.165, 1.54) is 4.52 Å². The first-order chi connectivity index (χ1) is 10.2. The Morgan fingerprint density at radius 2 is 2.00 bits per heavy atom. The van der Waals surface area contributed by atoms with Crippen LogP contribution in [-0.4, -0.2) is 21.1 Å². The van der Waals surface area contributed by atoms with Gasteiger partial charge in [0.2, 0.25) is 0 Å². The number of halogens is 1. The van der Waals surface area contributed by atoms with Crippen LogP contribution in [0.15, 0.2) is 41.2 Å². The Morgan fingerprint density at radius 1 is 1.24 bits per heavy atom. The first kappa shape index (κ1) is 13.9. The molecule has 2 aromatic heterocycles. The average Bonchev–Trinajstić information content (AvgIpc) is 2.90. The van der Waals surface area contributed by atoms with Crippen molar-refractivity contribution in [3.63, 3.8) is 0 Å². The Hall–Kier alpha value is -2.11. The van der Waals surface area contributed by atoms with Crippen molar-refractivity contribution in [1.82, 2.24) is 14.6 Å². The summed E-state index contributed by atoms with van der Waals surface area (Å²) in [4.78, 5) is 16.6. The second kappa shape index (κ2) is 5.71. The number of benzene rings is 1. The molecule has 108 valence electrons. The number of nitrogens with two attached hydrogens (primary N) is 1. The minimum atomic E-state index is -0.118. The smallest absolute Gasteiger partial charge is 0.272 e. The largest absolute Gasteiger partial charge is 0.330 e. The molecule has 3 N–H and O–H groups in total. The molecule has 0 amide bonds. The number of nitrogens with zero attached hydrogens (tertiary/aromatic N) is 2. The van der Waals surface area contributed by atoms with Crippen molar-refractivity contribution in [3.8, 4) is 11.3 Å². The number of aromatic amines is 1. The number of nitrogens with one attached hydrogen (secondary N) is 1. The fourth-order valence-corrected chi connectivity index (χ4v) is 2.35. The summed E-state index contributed by atoms with van der Waals surface area (Å²) in [5.74, 6) is 0. The van der Waals surface area contributed by atoms with Gasteiger partial charge in [-0.15, -0.1) is 0 Å². The number of H-pyrrole nitrogens is 1. The molecule has 6 heteroatoms. The van der Waals surface area contributed by atoms with Crippen LogP contribution in [0.5, 0.6) is 0 Å². The van der Waals surface area contributed by atoms with E-state index in [1.807, 2.05) is 30.3 Å². The number of hydrogen-bond acceptors (Lipinski definition) is 3. The third-order valence-corrected chi connectivity index (χ3v) is 3.55. The maximum atomic E-state index is 12.1. The fourth-order valence-electron chi connectivity index (χ4n) is 2.23. The second-order valence-electron chi connectivity index (χ2n) is 4.85. The molecule has 0 saturated heterocycles. The minimum absolute atomic E-state index is 0.118. The standard InChI is InChI=1S/C15H15ClN4O/c16-11-5-3-10(4-6-11)13-9-14-18-12(2-1-7-17)8-15(21)20(14)19-13/h3-6,8-9,19H,1-2,7,17H2. The van der Waals surface area contributed by atoms with Gasteiger partial charge in [-0.05, 0) is 37.1 Å². The number of rotatable bonds is 4. The molecular weight excluding hydrogens is 288 g/mol. The van der Waals surface area contributed by atoms with Crippen molar-refractivity contribution < 1.29 is 0 Å². The van der Waals surface area contributed by atoms with Crippen LogP contribution in [0.4, 0.5) is 0 Å². The van der Waals surface area contributed by atoms with Gasteiger partial charge >= 0.3 is 0 Å². The summed E-state index contributed by atoms with van der Waals surface area (Å²) in [5.41, 5.74) is 8.53. The third-order valence-electron chi connectivity index (χ3n) is 3.30. The van der Waals surface area contributed by atoms with E-state index < -0.39 is 0 Å². The summed E-state index contributed by atoms with van der Waals surface area (Å²) in [6.07, 6.45) is 1.53. The second-order valence-corrected chi connectivity index (χ2v) is 5.28. The zero-order valence-electron chi connectivity index (χ0n) is 11.3. The molecule has 0 bridgehead atoms. The van der Waals surface area contributed by atoms with E-state index in [0.29, 0.717) is 23.6 Å². The molecule has 0 aliphatic carbocycles. The molecule has 1 aromatic carbocycles. The SMILES string of the molecule is NCCCc1cc(=O)n2[nH]c(-c3ccc(Cl)cc3)cc2n1. The molecule has 0 fully saturated rings. The van der Waals surface area contributed by atoms with Gasteiger partial charge in [-0.2, -0.15) is 0 Å². The van der Waals surface area contributed by atoms with Gasteiger partial charge in [0.15, 0.2) is 5.65 Å². The predicted molar refractivity (Wildman–Crippen MR) is 83.6 cm³/mol. The minimum Gasteiger partial charge on any atom is -0.330 e. The highest BCUT2D eigenvalue weighted by molar-refractivity contribution is 6.30. The zero-order valence-corrected chi connectivity index (χ0v) is 12.1. The van der Waals surface area contributed by atoms with Crippen molar-refractivity contribution in [1.29, 1.82) is 0 Å². The molecule has 0 aliphatic rings. The summed E-state index contributed by atoms with van der Waals surface area (Å²) in [6, 6.07) is 10.8. The molecular formula is C15H15ClN4O. The van der Waals surface area contributed by atoms with Crippen LogP contribution in [0, 0.1) is 0 Å². The summed E-state index contributed by atoms with van der Waals surface area (Å²) < 4.78 is 1.44.